The smallest absolute Gasteiger partial charge is 0.374 e. The first-order valence-corrected chi connectivity index (χ1v) is 4.63. The molecule has 0 aliphatic heterocycles. The Morgan fingerprint density at radius 3 is 2.31 bits per heavy atom. The number of carboxylic acids is 1. The molecule has 0 aromatic carbocycles. The third-order valence-corrected chi connectivity index (χ3v) is 2.58. The van der Waals surface area contributed by atoms with E-state index in [0.29, 0.717) is 0 Å². The lowest BCUT2D eigenvalue weighted by molar-refractivity contribution is -0.167. The van der Waals surface area contributed by atoms with E-state index in [1.807, 2.05) is 0 Å². The third-order valence-electron chi connectivity index (χ3n) is 2.58. The molecule has 1 aliphatic rings. The second-order valence-corrected chi connectivity index (χ2v) is 3.72. The van der Waals surface area contributed by atoms with Crippen molar-refractivity contribution >= 4 is 5.97 Å². The fourth-order valence-electron chi connectivity index (χ4n) is 1.84. The molecule has 0 amide bonds. The summed E-state index contributed by atoms with van der Waals surface area (Å²) >= 11 is 0. The van der Waals surface area contributed by atoms with Crippen LogP contribution in [0.4, 0.5) is 8.78 Å². The second kappa shape index (κ2) is 4.03. The lowest BCUT2D eigenvalue weighted by Crippen LogP contribution is -2.31. The molecule has 0 aromatic rings. The van der Waals surface area contributed by atoms with Crippen molar-refractivity contribution in [2.24, 2.45) is 5.92 Å². The van der Waals surface area contributed by atoms with E-state index >= 15 is 0 Å². The minimum Gasteiger partial charge on any atom is -0.477 e. The SMILES string of the molecule is O=C(O)C(F)(F)CC1CCCCC1. The lowest BCUT2D eigenvalue weighted by Gasteiger charge is -2.23. The van der Waals surface area contributed by atoms with E-state index in [9.17, 15) is 13.6 Å². The van der Waals surface area contributed by atoms with Crippen molar-refractivity contribution in [3.8, 4) is 0 Å². The highest BCUT2D eigenvalue weighted by Crippen LogP contribution is 2.33. The molecule has 0 radical (unpaired) electrons. The first-order chi connectivity index (χ1) is 6.02. The number of hydrogen-bond donors (Lipinski definition) is 1. The van der Waals surface area contributed by atoms with Gasteiger partial charge in [-0.2, -0.15) is 8.78 Å². The van der Waals surface area contributed by atoms with Gasteiger partial charge in [0.2, 0.25) is 0 Å². The van der Waals surface area contributed by atoms with Gasteiger partial charge in [0.05, 0.1) is 0 Å². The minimum atomic E-state index is -3.53. The first-order valence-electron chi connectivity index (χ1n) is 4.63. The molecular weight excluding hydrogens is 178 g/mol. The van der Waals surface area contributed by atoms with E-state index in [-0.39, 0.29) is 5.92 Å². The molecule has 0 bridgehead atoms. The monoisotopic (exact) mass is 192 g/mol. The van der Waals surface area contributed by atoms with Crippen molar-refractivity contribution in [1.29, 1.82) is 0 Å². The van der Waals surface area contributed by atoms with Crippen molar-refractivity contribution in [3.63, 3.8) is 0 Å². The lowest BCUT2D eigenvalue weighted by atomic mass is 9.85. The van der Waals surface area contributed by atoms with Crippen LogP contribution < -0.4 is 0 Å². The summed E-state index contributed by atoms with van der Waals surface area (Å²) in [6.45, 7) is 0. The molecule has 1 fully saturated rings. The number of carbonyl (C=O) groups is 1. The Hall–Kier alpha value is -0.670. The highest BCUT2D eigenvalue weighted by Gasteiger charge is 2.40. The van der Waals surface area contributed by atoms with Crippen molar-refractivity contribution in [2.75, 3.05) is 0 Å². The summed E-state index contributed by atoms with van der Waals surface area (Å²) in [5.41, 5.74) is 0. The predicted molar refractivity (Wildman–Crippen MR) is 43.8 cm³/mol. The molecule has 0 aromatic heterocycles. The van der Waals surface area contributed by atoms with Gasteiger partial charge in [0.1, 0.15) is 0 Å². The van der Waals surface area contributed by atoms with Gasteiger partial charge in [-0.25, -0.2) is 4.79 Å². The first kappa shape index (κ1) is 10.4. The van der Waals surface area contributed by atoms with Crippen LogP contribution in [0.1, 0.15) is 38.5 Å². The highest BCUT2D eigenvalue weighted by atomic mass is 19.3. The second-order valence-electron chi connectivity index (χ2n) is 3.72. The van der Waals surface area contributed by atoms with Gasteiger partial charge < -0.3 is 5.11 Å². The maximum Gasteiger partial charge on any atom is 0.374 e. The van der Waals surface area contributed by atoms with Crippen LogP contribution >= 0.6 is 0 Å². The Morgan fingerprint density at radius 2 is 1.85 bits per heavy atom. The van der Waals surface area contributed by atoms with Crippen LogP contribution in [0, 0.1) is 5.92 Å². The largest absolute Gasteiger partial charge is 0.477 e. The molecule has 0 heterocycles. The van der Waals surface area contributed by atoms with Gasteiger partial charge in [0, 0.05) is 6.42 Å². The standard InChI is InChI=1S/C9H14F2O2/c10-9(11,8(12)13)6-7-4-2-1-3-5-7/h7H,1-6H2,(H,12,13). The van der Waals surface area contributed by atoms with Gasteiger partial charge in [0.25, 0.3) is 0 Å². The van der Waals surface area contributed by atoms with Crippen LogP contribution in [-0.4, -0.2) is 17.0 Å². The van der Waals surface area contributed by atoms with E-state index in [0.717, 1.165) is 32.1 Å². The van der Waals surface area contributed by atoms with Crippen LogP contribution in [0.2, 0.25) is 0 Å². The molecule has 0 atom stereocenters. The van der Waals surface area contributed by atoms with Gasteiger partial charge in [-0.05, 0) is 5.92 Å². The number of hydrogen-bond acceptors (Lipinski definition) is 1. The normalized spacial score (nSPS) is 20.2. The molecular formula is C9H14F2O2. The number of halogens is 2. The van der Waals surface area contributed by atoms with E-state index in [1.165, 1.54) is 0 Å². The average Bonchev–Trinajstić information content (AvgIpc) is 2.05. The third kappa shape index (κ3) is 2.94. The van der Waals surface area contributed by atoms with Crippen LogP contribution in [0.3, 0.4) is 0 Å². The summed E-state index contributed by atoms with van der Waals surface area (Å²) in [6, 6.07) is 0. The number of carboxylic acid groups (broad SMARTS) is 1. The summed E-state index contributed by atoms with van der Waals surface area (Å²) in [4.78, 5) is 10.1. The molecule has 1 rings (SSSR count). The van der Waals surface area contributed by atoms with Gasteiger partial charge in [-0.15, -0.1) is 0 Å². The van der Waals surface area contributed by atoms with Gasteiger partial charge in [0.15, 0.2) is 0 Å². The minimum absolute atomic E-state index is 0.0974. The van der Waals surface area contributed by atoms with Gasteiger partial charge in [-0.1, -0.05) is 32.1 Å². The highest BCUT2D eigenvalue weighted by molar-refractivity contribution is 5.75. The van der Waals surface area contributed by atoms with E-state index in [1.54, 1.807) is 0 Å². The maximum atomic E-state index is 12.7. The summed E-state index contributed by atoms with van der Waals surface area (Å²) in [7, 11) is 0. The van der Waals surface area contributed by atoms with Gasteiger partial charge in [-0.3, -0.25) is 0 Å². The molecule has 4 heteroatoms. The molecule has 76 valence electrons. The van der Waals surface area contributed by atoms with Crippen molar-refractivity contribution in [2.45, 2.75) is 44.4 Å². The van der Waals surface area contributed by atoms with E-state index < -0.39 is 18.3 Å². The fraction of sp³-hybridized carbons (Fsp3) is 0.889. The summed E-state index contributed by atoms with van der Waals surface area (Å²) in [5.74, 6) is -5.61. The van der Waals surface area contributed by atoms with Crippen molar-refractivity contribution in [1.82, 2.24) is 0 Å². The van der Waals surface area contributed by atoms with Crippen molar-refractivity contribution < 1.29 is 18.7 Å². The zero-order chi connectivity index (χ0) is 9.90. The molecule has 13 heavy (non-hydrogen) atoms. The Balaban J connectivity index is 2.41. The molecule has 2 nitrogen and oxygen atoms in total. The molecule has 0 saturated heterocycles. The molecule has 1 saturated carbocycles. The van der Waals surface area contributed by atoms with Crippen LogP contribution in [0.5, 0.6) is 0 Å². The van der Waals surface area contributed by atoms with Crippen molar-refractivity contribution in [3.05, 3.63) is 0 Å². The van der Waals surface area contributed by atoms with Gasteiger partial charge >= 0.3 is 11.9 Å². The quantitative estimate of drug-likeness (QED) is 0.746. The molecule has 1 N–H and O–H groups in total. The van der Waals surface area contributed by atoms with E-state index in [4.69, 9.17) is 5.11 Å². The molecule has 0 spiro atoms. The Kier molecular flexibility index (Phi) is 3.22. The Labute approximate surface area is 75.9 Å². The summed E-state index contributed by atoms with van der Waals surface area (Å²) in [5, 5.41) is 8.22. The Bertz CT molecular complexity index is 186. The topological polar surface area (TPSA) is 37.3 Å². The average molecular weight is 192 g/mol. The molecule has 0 unspecified atom stereocenters. The van der Waals surface area contributed by atoms with Crippen LogP contribution in [-0.2, 0) is 4.79 Å². The number of aliphatic carboxylic acids is 1. The number of rotatable bonds is 3. The zero-order valence-electron chi connectivity index (χ0n) is 7.43. The molecule has 1 aliphatic carbocycles. The van der Waals surface area contributed by atoms with E-state index in [2.05, 4.69) is 0 Å². The summed E-state index contributed by atoms with van der Waals surface area (Å²) < 4.78 is 25.5. The predicted octanol–water partition coefficient (Wildman–Crippen LogP) is 2.68. The fourth-order valence-corrected chi connectivity index (χ4v) is 1.84. The maximum absolute atomic E-state index is 12.7. The number of alkyl halides is 2. The van der Waals surface area contributed by atoms with Crippen LogP contribution in [0.15, 0.2) is 0 Å². The summed E-state index contributed by atoms with van der Waals surface area (Å²) in [6.07, 6.45) is 4.03. The zero-order valence-corrected chi connectivity index (χ0v) is 7.43. The van der Waals surface area contributed by atoms with Crippen LogP contribution in [0.25, 0.3) is 0 Å². The Morgan fingerprint density at radius 1 is 1.31 bits per heavy atom.